The summed E-state index contributed by atoms with van der Waals surface area (Å²) in [6, 6.07) is 10.2. The van der Waals surface area contributed by atoms with Gasteiger partial charge >= 0.3 is 0 Å². The minimum absolute atomic E-state index is 0.0453. The minimum atomic E-state index is -3.76. The number of aryl methyl sites for hydroxylation is 1. The van der Waals surface area contributed by atoms with E-state index in [0.717, 1.165) is 10.3 Å². The maximum absolute atomic E-state index is 12.6. The second-order valence-electron chi connectivity index (χ2n) is 5.30. The molecule has 0 unspecified atom stereocenters. The molecule has 0 saturated heterocycles. The highest BCUT2D eigenvalue weighted by molar-refractivity contribution is 9.10. The molecule has 8 heteroatoms. The van der Waals surface area contributed by atoms with Crippen molar-refractivity contribution in [2.75, 3.05) is 4.72 Å². The molecule has 1 heterocycles. The number of sulfonamides is 1. The smallest absolute Gasteiger partial charge is 0.264 e. The van der Waals surface area contributed by atoms with Crippen molar-refractivity contribution in [3.05, 3.63) is 52.0 Å². The van der Waals surface area contributed by atoms with E-state index >= 15 is 0 Å². The summed E-state index contributed by atoms with van der Waals surface area (Å²) in [5, 5.41) is 0.263. The summed E-state index contributed by atoms with van der Waals surface area (Å²) in [6.45, 7) is 3.31. The fourth-order valence-corrected chi connectivity index (χ4v) is 5.36. The Morgan fingerprint density at radius 3 is 2.67 bits per heavy atom. The zero-order valence-electron chi connectivity index (χ0n) is 12.8. The third kappa shape index (κ3) is 3.35. The molecule has 3 rings (SSSR count). The lowest BCUT2D eigenvalue weighted by atomic mass is 10.1. The predicted molar refractivity (Wildman–Crippen MR) is 99.3 cm³/mol. The van der Waals surface area contributed by atoms with E-state index in [2.05, 4.69) is 25.6 Å². The van der Waals surface area contributed by atoms with Gasteiger partial charge in [-0.3, -0.25) is 9.52 Å². The monoisotopic (exact) mass is 424 g/mol. The third-order valence-electron chi connectivity index (χ3n) is 3.39. The molecule has 0 radical (unpaired) electrons. The van der Waals surface area contributed by atoms with Crippen LogP contribution in [0.1, 0.15) is 22.8 Å². The number of halogens is 1. The zero-order chi connectivity index (χ0) is 17.5. The van der Waals surface area contributed by atoms with Crippen molar-refractivity contribution in [1.29, 1.82) is 0 Å². The Bertz CT molecular complexity index is 1060. The number of carbonyl (C=O) groups excluding carboxylic acids is 1. The highest BCUT2D eigenvalue weighted by Gasteiger charge is 2.20. The molecule has 0 amide bonds. The van der Waals surface area contributed by atoms with E-state index < -0.39 is 10.0 Å². The van der Waals surface area contributed by atoms with Crippen molar-refractivity contribution in [3.63, 3.8) is 0 Å². The lowest BCUT2D eigenvalue weighted by molar-refractivity contribution is 0.101. The third-order valence-corrected chi connectivity index (χ3v) is 6.79. The van der Waals surface area contributed by atoms with Crippen molar-refractivity contribution in [2.45, 2.75) is 18.7 Å². The minimum Gasteiger partial charge on any atom is -0.295 e. The molecule has 5 nitrogen and oxygen atoms in total. The van der Waals surface area contributed by atoms with Crippen LogP contribution < -0.4 is 4.72 Å². The van der Waals surface area contributed by atoms with E-state index in [4.69, 9.17) is 0 Å². The van der Waals surface area contributed by atoms with Crippen molar-refractivity contribution < 1.29 is 13.2 Å². The van der Waals surface area contributed by atoms with Crippen LogP contribution in [0.3, 0.4) is 0 Å². The van der Waals surface area contributed by atoms with Crippen LogP contribution in [0.5, 0.6) is 0 Å². The average Bonchev–Trinajstić information content (AvgIpc) is 2.89. The molecular formula is C16H13BrN2O3S2. The van der Waals surface area contributed by atoms with Crippen LogP contribution in [-0.2, 0) is 10.0 Å². The molecule has 0 bridgehead atoms. The number of nitrogens with zero attached hydrogens (tertiary/aromatic N) is 1. The van der Waals surface area contributed by atoms with Gasteiger partial charge in [0, 0.05) is 10.0 Å². The van der Waals surface area contributed by atoms with Crippen LogP contribution in [0.4, 0.5) is 5.13 Å². The van der Waals surface area contributed by atoms with Gasteiger partial charge in [0.2, 0.25) is 0 Å². The van der Waals surface area contributed by atoms with E-state index in [1.54, 1.807) is 30.3 Å². The van der Waals surface area contributed by atoms with E-state index in [9.17, 15) is 13.2 Å². The maximum Gasteiger partial charge on any atom is 0.264 e. The summed E-state index contributed by atoms with van der Waals surface area (Å²) in [4.78, 5) is 15.9. The van der Waals surface area contributed by atoms with Gasteiger partial charge in [-0.15, -0.1) is 0 Å². The number of benzene rings is 2. The molecule has 0 saturated carbocycles. The predicted octanol–water partition coefficient (Wildman–Crippen LogP) is 4.37. The van der Waals surface area contributed by atoms with Crippen LogP contribution >= 0.6 is 27.3 Å². The van der Waals surface area contributed by atoms with Crippen molar-refractivity contribution in [3.8, 4) is 0 Å². The molecular weight excluding hydrogens is 412 g/mol. The maximum atomic E-state index is 12.6. The fourth-order valence-electron chi connectivity index (χ4n) is 2.17. The number of thiazole rings is 1. The van der Waals surface area contributed by atoms with Gasteiger partial charge in [0.15, 0.2) is 10.9 Å². The number of Topliss-reactive ketones (excluding diaryl/α,β-unsaturated/α-hetero) is 1. The second-order valence-corrected chi connectivity index (χ2v) is 8.83. The normalized spacial score (nSPS) is 11.6. The molecule has 124 valence electrons. The van der Waals surface area contributed by atoms with Crippen molar-refractivity contribution in [2.24, 2.45) is 0 Å². The lowest BCUT2D eigenvalue weighted by Gasteiger charge is -2.07. The summed E-state index contributed by atoms with van der Waals surface area (Å²) in [6.07, 6.45) is 0. The molecule has 24 heavy (non-hydrogen) atoms. The topological polar surface area (TPSA) is 76.1 Å². The average molecular weight is 425 g/mol. The highest BCUT2D eigenvalue weighted by atomic mass is 79.9. The molecule has 2 aromatic carbocycles. The Morgan fingerprint density at radius 2 is 1.96 bits per heavy atom. The number of anilines is 1. The van der Waals surface area contributed by atoms with Gasteiger partial charge in [-0.25, -0.2) is 13.4 Å². The van der Waals surface area contributed by atoms with Crippen LogP contribution in [-0.4, -0.2) is 19.2 Å². The number of carbonyl (C=O) groups is 1. The van der Waals surface area contributed by atoms with Crippen LogP contribution in [0.2, 0.25) is 0 Å². The standard InChI is InChI=1S/C16H13BrN2O3S2/c1-9-3-5-12(17)15(7-9)24(21,22)19-16-18-13-6-4-11(10(2)20)8-14(13)23-16/h3-8H,1-2H3,(H,18,19). The quantitative estimate of drug-likeness (QED) is 0.630. The highest BCUT2D eigenvalue weighted by Crippen LogP contribution is 2.30. The summed E-state index contributed by atoms with van der Waals surface area (Å²) >= 11 is 4.46. The molecule has 0 fully saturated rings. The van der Waals surface area contributed by atoms with Gasteiger partial charge in [-0.2, -0.15) is 0 Å². The molecule has 0 aliphatic carbocycles. The Hall–Kier alpha value is -1.77. The SMILES string of the molecule is CC(=O)c1ccc2nc(NS(=O)(=O)c3cc(C)ccc3Br)sc2c1. The van der Waals surface area contributed by atoms with E-state index in [-0.39, 0.29) is 15.8 Å². The molecule has 3 aromatic rings. The van der Waals surface area contributed by atoms with Gasteiger partial charge in [0.1, 0.15) is 4.90 Å². The summed E-state index contributed by atoms with van der Waals surface area (Å²) in [5.41, 5.74) is 2.06. The Labute approximate surface area is 151 Å². The Morgan fingerprint density at radius 1 is 1.21 bits per heavy atom. The molecule has 0 aliphatic rings. The van der Waals surface area contributed by atoms with Gasteiger partial charge in [-0.1, -0.05) is 17.4 Å². The van der Waals surface area contributed by atoms with E-state index in [0.29, 0.717) is 15.6 Å². The summed E-state index contributed by atoms with van der Waals surface area (Å²) in [7, 11) is -3.76. The van der Waals surface area contributed by atoms with Gasteiger partial charge in [0.25, 0.3) is 10.0 Å². The molecule has 0 spiro atoms. The molecule has 1 N–H and O–H groups in total. The first kappa shape index (κ1) is 17.1. The van der Waals surface area contributed by atoms with Crippen LogP contribution in [0.15, 0.2) is 45.8 Å². The number of hydrogen-bond donors (Lipinski definition) is 1. The number of aromatic nitrogens is 1. The zero-order valence-corrected chi connectivity index (χ0v) is 16.0. The van der Waals surface area contributed by atoms with E-state index in [1.165, 1.54) is 18.3 Å². The number of rotatable bonds is 4. The molecule has 1 aromatic heterocycles. The van der Waals surface area contributed by atoms with Crippen molar-refractivity contribution >= 4 is 58.4 Å². The van der Waals surface area contributed by atoms with Crippen LogP contribution in [0, 0.1) is 6.92 Å². The Balaban J connectivity index is 1.99. The lowest BCUT2D eigenvalue weighted by Crippen LogP contribution is -2.13. The van der Waals surface area contributed by atoms with E-state index in [1.807, 2.05) is 13.0 Å². The molecule has 0 atom stereocenters. The largest absolute Gasteiger partial charge is 0.295 e. The summed E-state index contributed by atoms with van der Waals surface area (Å²) in [5.74, 6) is -0.0453. The number of hydrogen-bond acceptors (Lipinski definition) is 5. The van der Waals surface area contributed by atoms with Gasteiger partial charge < -0.3 is 0 Å². The number of fused-ring (bicyclic) bond motifs is 1. The second kappa shape index (κ2) is 6.27. The summed E-state index contributed by atoms with van der Waals surface area (Å²) < 4.78 is 28.9. The van der Waals surface area contributed by atoms with Crippen LogP contribution in [0.25, 0.3) is 10.2 Å². The van der Waals surface area contributed by atoms with Gasteiger partial charge in [-0.05, 0) is 65.7 Å². The first-order chi connectivity index (χ1) is 11.3. The Kier molecular flexibility index (Phi) is 4.46. The first-order valence-electron chi connectivity index (χ1n) is 6.97. The first-order valence-corrected chi connectivity index (χ1v) is 10.1. The van der Waals surface area contributed by atoms with Crippen molar-refractivity contribution in [1.82, 2.24) is 4.98 Å². The van der Waals surface area contributed by atoms with Gasteiger partial charge in [0.05, 0.1) is 10.2 Å². The number of ketones is 1. The fraction of sp³-hybridized carbons (Fsp3) is 0.125. The molecule has 0 aliphatic heterocycles. The number of nitrogens with one attached hydrogen (secondary N) is 1.